The number of pyridine rings is 1. The van der Waals surface area contributed by atoms with Crippen LogP contribution in [-0.4, -0.2) is 4.57 Å². The first-order valence-corrected chi connectivity index (χ1v) is 7.77. The van der Waals surface area contributed by atoms with Crippen molar-refractivity contribution < 1.29 is 4.39 Å². The molecule has 1 aliphatic carbocycles. The second-order valence-electron chi connectivity index (χ2n) is 5.39. The number of hydrogen-bond donors (Lipinski definition) is 1. The quantitative estimate of drug-likeness (QED) is 0.904. The van der Waals surface area contributed by atoms with E-state index in [0.29, 0.717) is 10.0 Å². The molecule has 1 unspecified atom stereocenters. The van der Waals surface area contributed by atoms with Gasteiger partial charge < -0.3 is 10.3 Å². The van der Waals surface area contributed by atoms with Gasteiger partial charge in [0.1, 0.15) is 5.82 Å². The molecule has 0 saturated carbocycles. The zero-order chi connectivity index (χ0) is 15.0. The highest BCUT2D eigenvalue weighted by atomic mass is 79.9. The van der Waals surface area contributed by atoms with Crippen molar-refractivity contribution in [1.82, 2.24) is 4.57 Å². The van der Waals surface area contributed by atoms with Crippen molar-refractivity contribution in [3.05, 3.63) is 67.8 Å². The number of fused-ring (bicyclic) bond motifs is 1. The summed E-state index contributed by atoms with van der Waals surface area (Å²) in [6, 6.07) is 8.21. The van der Waals surface area contributed by atoms with Gasteiger partial charge in [-0.3, -0.25) is 4.79 Å². The molecule has 3 rings (SSSR count). The first-order chi connectivity index (χ1) is 10.1. The molecule has 2 aromatic rings. The minimum atomic E-state index is -0.311. The Morgan fingerprint density at radius 2 is 2.14 bits per heavy atom. The standard InChI is InChI=1S/C16H16BrFN2O/c17-11-5-4-10(13(18)8-11)9-20-15-3-1-2-14(19)12(15)6-7-16(20)21/h4-8,14H,1-3,9,19H2. The Hall–Kier alpha value is -1.46. The summed E-state index contributed by atoms with van der Waals surface area (Å²) in [6.45, 7) is 0.244. The third-order valence-electron chi connectivity index (χ3n) is 4.00. The minimum absolute atomic E-state index is 0.0321. The van der Waals surface area contributed by atoms with Crippen molar-refractivity contribution in [3.8, 4) is 0 Å². The maximum atomic E-state index is 14.0. The van der Waals surface area contributed by atoms with Gasteiger partial charge in [-0.25, -0.2) is 4.39 Å². The van der Waals surface area contributed by atoms with Crippen LogP contribution in [0.5, 0.6) is 0 Å². The summed E-state index contributed by atoms with van der Waals surface area (Å²) in [4.78, 5) is 12.2. The molecule has 1 aromatic carbocycles. The molecule has 0 radical (unpaired) electrons. The van der Waals surface area contributed by atoms with E-state index in [1.54, 1.807) is 16.7 Å². The molecule has 1 aliphatic rings. The van der Waals surface area contributed by atoms with E-state index in [2.05, 4.69) is 15.9 Å². The predicted octanol–water partition coefficient (Wildman–Crippen LogP) is 3.13. The maximum Gasteiger partial charge on any atom is 0.251 e. The second-order valence-corrected chi connectivity index (χ2v) is 6.31. The Morgan fingerprint density at radius 1 is 1.33 bits per heavy atom. The van der Waals surface area contributed by atoms with E-state index in [9.17, 15) is 9.18 Å². The molecule has 0 amide bonds. The number of rotatable bonds is 2. The van der Waals surface area contributed by atoms with Gasteiger partial charge in [-0.15, -0.1) is 0 Å². The monoisotopic (exact) mass is 350 g/mol. The van der Waals surface area contributed by atoms with Gasteiger partial charge in [0, 0.05) is 27.8 Å². The molecule has 1 heterocycles. The summed E-state index contributed by atoms with van der Waals surface area (Å²) < 4.78 is 16.3. The first-order valence-electron chi connectivity index (χ1n) is 6.98. The van der Waals surface area contributed by atoms with Crippen molar-refractivity contribution in [3.63, 3.8) is 0 Å². The van der Waals surface area contributed by atoms with Crippen LogP contribution in [0.3, 0.4) is 0 Å². The Morgan fingerprint density at radius 3 is 2.90 bits per heavy atom. The normalized spacial score (nSPS) is 17.6. The predicted molar refractivity (Wildman–Crippen MR) is 83.8 cm³/mol. The number of nitrogens with two attached hydrogens (primary N) is 1. The Kier molecular flexibility index (Phi) is 3.95. The highest BCUT2D eigenvalue weighted by Crippen LogP contribution is 2.27. The number of hydrogen-bond acceptors (Lipinski definition) is 2. The highest BCUT2D eigenvalue weighted by molar-refractivity contribution is 9.10. The van der Waals surface area contributed by atoms with Gasteiger partial charge in [-0.2, -0.15) is 0 Å². The zero-order valence-corrected chi connectivity index (χ0v) is 13.1. The molecule has 21 heavy (non-hydrogen) atoms. The van der Waals surface area contributed by atoms with Gasteiger partial charge in [0.05, 0.1) is 6.54 Å². The summed E-state index contributed by atoms with van der Waals surface area (Å²) in [5.41, 5.74) is 8.47. The third-order valence-corrected chi connectivity index (χ3v) is 4.50. The average molecular weight is 351 g/mol. The largest absolute Gasteiger partial charge is 0.324 e. The Bertz CT molecular complexity index is 742. The van der Waals surface area contributed by atoms with E-state index in [0.717, 1.165) is 30.5 Å². The fourth-order valence-electron chi connectivity index (χ4n) is 2.89. The molecule has 110 valence electrons. The van der Waals surface area contributed by atoms with Gasteiger partial charge in [-0.05, 0) is 37.0 Å². The molecule has 2 N–H and O–H groups in total. The molecule has 5 heteroatoms. The van der Waals surface area contributed by atoms with Crippen LogP contribution in [0, 0.1) is 5.82 Å². The summed E-state index contributed by atoms with van der Waals surface area (Å²) in [5, 5.41) is 0. The lowest BCUT2D eigenvalue weighted by Gasteiger charge is -2.25. The van der Waals surface area contributed by atoms with Crippen molar-refractivity contribution in [1.29, 1.82) is 0 Å². The molecular formula is C16H16BrFN2O. The van der Waals surface area contributed by atoms with Crippen molar-refractivity contribution in [2.45, 2.75) is 31.8 Å². The van der Waals surface area contributed by atoms with Gasteiger partial charge in [0.15, 0.2) is 0 Å². The van der Waals surface area contributed by atoms with Crippen LogP contribution in [0.15, 0.2) is 39.6 Å². The first kappa shape index (κ1) is 14.5. The van der Waals surface area contributed by atoms with Gasteiger partial charge in [0.2, 0.25) is 0 Å². The fourth-order valence-corrected chi connectivity index (χ4v) is 3.22. The van der Waals surface area contributed by atoms with E-state index < -0.39 is 0 Å². The molecule has 0 fully saturated rings. The second kappa shape index (κ2) is 5.73. The van der Waals surface area contributed by atoms with E-state index in [1.807, 2.05) is 6.07 Å². The molecule has 0 aliphatic heterocycles. The average Bonchev–Trinajstić information content (AvgIpc) is 2.44. The zero-order valence-electron chi connectivity index (χ0n) is 11.5. The van der Waals surface area contributed by atoms with Crippen molar-refractivity contribution in [2.75, 3.05) is 0 Å². The molecule has 1 atom stereocenters. The van der Waals surface area contributed by atoms with E-state index in [4.69, 9.17) is 5.73 Å². The molecule has 0 saturated heterocycles. The van der Waals surface area contributed by atoms with Crippen molar-refractivity contribution in [2.24, 2.45) is 5.73 Å². The van der Waals surface area contributed by atoms with Crippen LogP contribution in [0.1, 0.15) is 35.7 Å². The summed E-state index contributed by atoms with van der Waals surface area (Å²) in [6.07, 6.45) is 2.70. The molecule has 3 nitrogen and oxygen atoms in total. The van der Waals surface area contributed by atoms with Gasteiger partial charge in [-0.1, -0.05) is 28.1 Å². The SMILES string of the molecule is NC1CCCc2c1ccc(=O)n2Cc1ccc(Br)cc1F. The summed E-state index contributed by atoms with van der Waals surface area (Å²) in [5.74, 6) is -0.311. The smallest absolute Gasteiger partial charge is 0.251 e. The number of nitrogens with zero attached hydrogens (tertiary/aromatic N) is 1. The van der Waals surface area contributed by atoms with Crippen molar-refractivity contribution >= 4 is 15.9 Å². The lowest BCUT2D eigenvalue weighted by Crippen LogP contribution is -2.29. The minimum Gasteiger partial charge on any atom is -0.324 e. The summed E-state index contributed by atoms with van der Waals surface area (Å²) >= 11 is 3.24. The number of benzene rings is 1. The van der Waals surface area contributed by atoms with Gasteiger partial charge in [0.25, 0.3) is 5.56 Å². The summed E-state index contributed by atoms with van der Waals surface area (Å²) in [7, 11) is 0. The lowest BCUT2D eigenvalue weighted by atomic mass is 9.91. The van der Waals surface area contributed by atoms with Gasteiger partial charge >= 0.3 is 0 Å². The lowest BCUT2D eigenvalue weighted by molar-refractivity contribution is 0.523. The Balaban J connectivity index is 2.06. The van der Waals surface area contributed by atoms with Crippen LogP contribution >= 0.6 is 15.9 Å². The fraction of sp³-hybridized carbons (Fsp3) is 0.312. The Labute approximate surface area is 130 Å². The van der Waals surface area contributed by atoms with Crippen LogP contribution in [-0.2, 0) is 13.0 Å². The number of halogens is 2. The molecule has 0 spiro atoms. The molecular weight excluding hydrogens is 335 g/mol. The van der Waals surface area contributed by atoms with Crippen LogP contribution in [0.25, 0.3) is 0 Å². The molecule has 1 aromatic heterocycles. The van der Waals surface area contributed by atoms with Crippen LogP contribution in [0.2, 0.25) is 0 Å². The van der Waals surface area contributed by atoms with E-state index >= 15 is 0 Å². The van der Waals surface area contributed by atoms with E-state index in [-0.39, 0.29) is 24.0 Å². The number of aromatic nitrogens is 1. The topological polar surface area (TPSA) is 48.0 Å². The van der Waals surface area contributed by atoms with Crippen LogP contribution in [0.4, 0.5) is 4.39 Å². The maximum absolute atomic E-state index is 14.0. The molecule has 0 bridgehead atoms. The third kappa shape index (κ3) is 2.80. The van der Waals surface area contributed by atoms with E-state index in [1.165, 1.54) is 12.1 Å². The van der Waals surface area contributed by atoms with Crippen LogP contribution < -0.4 is 11.3 Å². The highest BCUT2D eigenvalue weighted by Gasteiger charge is 2.20.